The van der Waals surface area contributed by atoms with Crippen LogP contribution in [0.4, 0.5) is 5.13 Å². The molecule has 1 fully saturated rings. The smallest absolute Gasteiger partial charge is 0.350 e. The lowest BCUT2D eigenvalue weighted by Crippen LogP contribution is -2.55. The summed E-state index contributed by atoms with van der Waals surface area (Å²) in [5.74, 6) is -1.20. The summed E-state index contributed by atoms with van der Waals surface area (Å²) in [6.07, 6.45) is 0.867. The van der Waals surface area contributed by atoms with Gasteiger partial charge in [-0.05, 0) is 33.6 Å². The molecule has 3 N–H and O–H groups in total. The van der Waals surface area contributed by atoms with E-state index in [0.717, 1.165) is 11.3 Å². The average molecular weight is 527 g/mol. The van der Waals surface area contributed by atoms with Crippen LogP contribution in [0.25, 0.3) is 0 Å². The first kappa shape index (κ1) is 26.9. The number of anilines is 1. The molecule has 3 heterocycles. The molecule has 2 aromatic heterocycles. The van der Waals surface area contributed by atoms with Crippen LogP contribution >= 0.6 is 22.9 Å². The van der Waals surface area contributed by atoms with Gasteiger partial charge in [0.2, 0.25) is 0 Å². The van der Waals surface area contributed by atoms with E-state index in [2.05, 4.69) is 25.6 Å². The van der Waals surface area contributed by atoms with Gasteiger partial charge in [-0.2, -0.15) is 0 Å². The van der Waals surface area contributed by atoms with Crippen LogP contribution in [0, 0.1) is 0 Å². The highest BCUT2D eigenvalue weighted by atomic mass is 35.5. The highest BCUT2D eigenvalue weighted by molar-refractivity contribution is 7.17. The van der Waals surface area contributed by atoms with Gasteiger partial charge in [0.1, 0.15) is 4.88 Å². The number of rotatable bonds is 10. The van der Waals surface area contributed by atoms with E-state index >= 15 is 0 Å². The molecular formula is C22H31ClN6O5S. The minimum Gasteiger partial charge on any atom is -0.462 e. The summed E-state index contributed by atoms with van der Waals surface area (Å²) in [7, 11) is 0. The summed E-state index contributed by atoms with van der Waals surface area (Å²) in [5.41, 5.74) is 0.757. The number of aromatic amines is 1. The molecule has 0 aromatic carbocycles. The van der Waals surface area contributed by atoms with Crippen LogP contribution in [0.5, 0.6) is 0 Å². The second-order valence-electron chi connectivity index (χ2n) is 7.77. The molecule has 0 aliphatic carbocycles. The monoisotopic (exact) mass is 526 g/mol. The fourth-order valence-electron chi connectivity index (χ4n) is 3.78. The van der Waals surface area contributed by atoms with Crippen molar-refractivity contribution in [1.82, 2.24) is 25.6 Å². The molecular weight excluding hydrogens is 496 g/mol. The molecule has 13 heteroatoms. The van der Waals surface area contributed by atoms with Gasteiger partial charge in [-0.15, -0.1) is 0 Å². The van der Waals surface area contributed by atoms with E-state index in [1.807, 2.05) is 18.7 Å². The third-order valence-corrected chi connectivity index (χ3v) is 6.86. The summed E-state index contributed by atoms with van der Waals surface area (Å²) >= 11 is 7.19. The summed E-state index contributed by atoms with van der Waals surface area (Å²) in [6, 6.07) is -0.264. The lowest BCUT2D eigenvalue weighted by Gasteiger charge is -2.38. The van der Waals surface area contributed by atoms with Crippen LogP contribution in [-0.4, -0.2) is 77.7 Å². The van der Waals surface area contributed by atoms with Crippen LogP contribution in [-0.2, 0) is 15.9 Å². The van der Waals surface area contributed by atoms with E-state index in [0.29, 0.717) is 49.9 Å². The maximum absolute atomic E-state index is 12.8. The first-order chi connectivity index (χ1) is 16.8. The number of esters is 1. The number of carbonyl (C=O) groups is 3. The SMILES string of the molecule is CCNC(=O)c1nc(N2CC[C@@H](NC(=O)c3nc(Cl)c(CC)[nH]3)[C@@H](OCC)C2)sc1C(=O)OCC. The number of nitrogens with one attached hydrogen (secondary N) is 3. The highest BCUT2D eigenvalue weighted by Gasteiger charge is 2.34. The Labute approximate surface area is 212 Å². The molecule has 0 bridgehead atoms. The number of ether oxygens (including phenoxy) is 2. The van der Waals surface area contributed by atoms with Crippen molar-refractivity contribution in [1.29, 1.82) is 0 Å². The summed E-state index contributed by atoms with van der Waals surface area (Å²) in [6.45, 7) is 9.32. The molecule has 1 saturated heterocycles. The predicted molar refractivity (Wildman–Crippen MR) is 133 cm³/mol. The Kier molecular flexibility index (Phi) is 9.47. The Morgan fingerprint density at radius 2 is 1.94 bits per heavy atom. The van der Waals surface area contributed by atoms with E-state index in [4.69, 9.17) is 21.1 Å². The lowest BCUT2D eigenvalue weighted by atomic mass is 10.0. The number of aryl methyl sites for hydroxylation is 1. The number of halogens is 1. The van der Waals surface area contributed by atoms with Gasteiger partial charge in [0.25, 0.3) is 11.8 Å². The van der Waals surface area contributed by atoms with Gasteiger partial charge in [-0.25, -0.2) is 14.8 Å². The molecule has 11 nitrogen and oxygen atoms in total. The topological polar surface area (TPSA) is 139 Å². The van der Waals surface area contributed by atoms with Crippen molar-refractivity contribution in [3.63, 3.8) is 0 Å². The van der Waals surface area contributed by atoms with E-state index in [9.17, 15) is 14.4 Å². The van der Waals surface area contributed by atoms with Crippen LogP contribution in [0.2, 0.25) is 5.15 Å². The first-order valence-corrected chi connectivity index (χ1v) is 12.9. The van der Waals surface area contributed by atoms with Crippen molar-refractivity contribution in [2.75, 3.05) is 37.7 Å². The number of piperidine rings is 1. The minimum absolute atomic E-state index is 0.0510. The number of H-pyrrole nitrogens is 1. The van der Waals surface area contributed by atoms with Crippen LogP contribution in [0.3, 0.4) is 0 Å². The standard InChI is InChI=1S/C22H31ClN6O5S/c1-5-12-17(23)28-18(25-12)20(31)26-13-9-10-29(11-14(13)33-7-3)22-27-15(19(30)24-6-2)16(35-22)21(32)34-8-4/h13-14H,5-11H2,1-4H3,(H,24,30)(H,25,28)(H,26,31)/t13-,14+/m1/s1. The molecule has 1 aliphatic rings. The van der Waals surface area contributed by atoms with E-state index in [-0.39, 0.29) is 46.2 Å². The molecule has 3 rings (SSSR count). The van der Waals surface area contributed by atoms with E-state index in [1.165, 1.54) is 0 Å². The number of nitrogens with zero attached hydrogens (tertiary/aromatic N) is 3. The van der Waals surface area contributed by atoms with Gasteiger partial charge in [0.05, 0.1) is 24.4 Å². The average Bonchev–Trinajstić information content (AvgIpc) is 3.45. The molecule has 0 saturated carbocycles. The van der Waals surface area contributed by atoms with Gasteiger partial charge < -0.3 is 30.0 Å². The van der Waals surface area contributed by atoms with E-state index < -0.39 is 11.9 Å². The minimum atomic E-state index is -0.579. The van der Waals surface area contributed by atoms with Crippen molar-refractivity contribution in [2.24, 2.45) is 0 Å². The van der Waals surface area contributed by atoms with Gasteiger partial charge >= 0.3 is 5.97 Å². The number of imidazole rings is 1. The van der Waals surface area contributed by atoms with Gasteiger partial charge in [0.15, 0.2) is 21.8 Å². The molecule has 2 atom stereocenters. The van der Waals surface area contributed by atoms with Gasteiger partial charge in [-0.1, -0.05) is 29.9 Å². The number of hydrogen-bond donors (Lipinski definition) is 3. The molecule has 0 unspecified atom stereocenters. The molecule has 2 amide bonds. The fraction of sp³-hybridized carbons (Fsp3) is 0.591. The number of aromatic nitrogens is 3. The third kappa shape index (κ3) is 6.30. The Morgan fingerprint density at radius 1 is 1.17 bits per heavy atom. The predicted octanol–water partition coefficient (Wildman–Crippen LogP) is 2.42. The highest BCUT2D eigenvalue weighted by Crippen LogP contribution is 2.30. The maximum Gasteiger partial charge on any atom is 0.350 e. The van der Waals surface area contributed by atoms with Crippen molar-refractivity contribution in [3.8, 4) is 0 Å². The van der Waals surface area contributed by atoms with Crippen molar-refractivity contribution < 1.29 is 23.9 Å². The molecule has 192 valence electrons. The quantitative estimate of drug-likeness (QED) is 0.401. The normalized spacial score (nSPS) is 17.8. The number of hydrogen-bond acceptors (Lipinski definition) is 9. The summed E-state index contributed by atoms with van der Waals surface area (Å²) in [4.78, 5) is 51.4. The third-order valence-electron chi connectivity index (χ3n) is 5.45. The lowest BCUT2D eigenvalue weighted by molar-refractivity contribution is 0.0271. The maximum atomic E-state index is 12.8. The number of thiazole rings is 1. The Balaban J connectivity index is 1.77. The van der Waals surface area contributed by atoms with Crippen LogP contribution in [0.15, 0.2) is 0 Å². The Morgan fingerprint density at radius 3 is 2.57 bits per heavy atom. The zero-order chi connectivity index (χ0) is 25.5. The van der Waals surface area contributed by atoms with Crippen molar-refractivity contribution in [2.45, 2.75) is 52.7 Å². The van der Waals surface area contributed by atoms with Gasteiger partial charge in [0, 0.05) is 26.2 Å². The zero-order valence-corrected chi connectivity index (χ0v) is 21.8. The van der Waals surface area contributed by atoms with E-state index in [1.54, 1.807) is 13.8 Å². The van der Waals surface area contributed by atoms with Crippen LogP contribution < -0.4 is 15.5 Å². The molecule has 35 heavy (non-hydrogen) atoms. The Bertz CT molecular complexity index is 1020. The van der Waals surface area contributed by atoms with Crippen LogP contribution in [0.1, 0.15) is 70.6 Å². The fourth-order valence-corrected chi connectivity index (χ4v) is 5.04. The number of amides is 2. The molecule has 1 aliphatic heterocycles. The summed E-state index contributed by atoms with van der Waals surface area (Å²) < 4.78 is 11.1. The zero-order valence-electron chi connectivity index (χ0n) is 20.3. The summed E-state index contributed by atoms with van der Waals surface area (Å²) in [5, 5.41) is 6.49. The van der Waals surface area contributed by atoms with Gasteiger partial charge in [-0.3, -0.25) is 9.59 Å². The Hall–Kier alpha value is -2.70. The number of carbonyl (C=O) groups excluding carboxylic acids is 3. The van der Waals surface area contributed by atoms with Crippen molar-refractivity contribution >= 4 is 45.9 Å². The largest absolute Gasteiger partial charge is 0.462 e. The second-order valence-corrected chi connectivity index (χ2v) is 9.11. The molecule has 0 radical (unpaired) electrons. The van der Waals surface area contributed by atoms with Crippen molar-refractivity contribution in [3.05, 3.63) is 27.2 Å². The second kappa shape index (κ2) is 12.3. The molecule has 0 spiro atoms. The molecule has 2 aromatic rings. The first-order valence-electron chi connectivity index (χ1n) is 11.7.